The number of halogens is 2. The van der Waals surface area contributed by atoms with Crippen LogP contribution in [0.2, 0.25) is 0 Å². The van der Waals surface area contributed by atoms with Crippen LogP contribution in [0.3, 0.4) is 0 Å². The lowest BCUT2D eigenvalue weighted by molar-refractivity contribution is 1.11. The van der Waals surface area contributed by atoms with Crippen LogP contribution < -0.4 is 0 Å². The molecule has 0 amide bonds. The third kappa shape index (κ3) is 1.66. The Morgan fingerprint density at radius 3 is 2.62 bits per heavy atom. The van der Waals surface area contributed by atoms with Crippen LogP contribution >= 0.6 is 38.5 Å². The van der Waals surface area contributed by atoms with Gasteiger partial charge in [-0.15, -0.1) is 0 Å². The van der Waals surface area contributed by atoms with Crippen molar-refractivity contribution in [2.45, 2.75) is 0 Å². The highest BCUT2D eigenvalue weighted by Gasteiger charge is 1.86. The van der Waals surface area contributed by atoms with Crippen LogP contribution in [0.15, 0.2) is 17.0 Å². The Labute approximate surface area is 69.0 Å². The van der Waals surface area contributed by atoms with Crippen LogP contribution in [0.1, 0.15) is 0 Å². The van der Waals surface area contributed by atoms with E-state index in [1.165, 1.54) is 6.33 Å². The number of aromatic nitrogens is 2. The van der Waals surface area contributed by atoms with Crippen LogP contribution in [0, 0.1) is 3.70 Å². The van der Waals surface area contributed by atoms with Crippen molar-refractivity contribution < 1.29 is 0 Å². The van der Waals surface area contributed by atoms with Gasteiger partial charge in [0, 0.05) is 6.07 Å². The van der Waals surface area contributed by atoms with Gasteiger partial charge in [-0.2, -0.15) is 0 Å². The summed E-state index contributed by atoms with van der Waals surface area (Å²) in [5, 5.41) is 0. The van der Waals surface area contributed by atoms with E-state index in [9.17, 15) is 0 Å². The summed E-state index contributed by atoms with van der Waals surface area (Å²) in [4.78, 5) is 7.73. The fourth-order valence-electron chi connectivity index (χ4n) is 0.312. The van der Waals surface area contributed by atoms with Crippen molar-refractivity contribution in [2.24, 2.45) is 0 Å². The molecular formula is C4H2BrIN2. The van der Waals surface area contributed by atoms with Crippen LogP contribution in [0.4, 0.5) is 0 Å². The maximum Gasteiger partial charge on any atom is 0.117 e. The van der Waals surface area contributed by atoms with Gasteiger partial charge < -0.3 is 0 Å². The molecule has 0 unspecified atom stereocenters. The lowest BCUT2D eigenvalue weighted by Gasteiger charge is -1.86. The van der Waals surface area contributed by atoms with Crippen LogP contribution in [-0.4, -0.2) is 9.97 Å². The van der Waals surface area contributed by atoms with Gasteiger partial charge in [0.2, 0.25) is 0 Å². The van der Waals surface area contributed by atoms with Gasteiger partial charge in [0.15, 0.2) is 0 Å². The van der Waals surface area contributed by atoms with Gasteiger partial charge >= 0.3 is 0 Å². The molecule has 0 spiro atoms. The molecule has 0 aromatic carbocycles. The highest BCUT2D eigenvalue weighted by atomic mass is 127. The van der Waals surface area contributed by atoms with Gasteiger partial charge in [-0.05, 0) is 38.5 Å². The molecule has 1 heterocycles. The second-order valence-electron chi connectivity index (χ2n) is 1.16. The Morgan fingerprint density at radius 2 is 2.25 bits per heavy atom. The lowest BCUT2D eigenvalue weighted by atomic mass is 10.7. The second kappa shape index (κ2) is 2.72. The van der Waals surface area contributed by atoms with E-state index in [-0.39, 0.29) is 0 Å². The second-order valence-corrected chi connectivity index (χ2v) is 3.08. The molecule has 0 saturated heterocycles. The number of hydrogen-bond donors (Lipinski definition) is 0. The molecule has 8 heavy (non-hydrogen) atoms. The summed E-state index contributed by atoms with van der Waals surface area (Å²) in [7, 11) is 0. The molecule has 0 fully saturated rings. The van der Waals surface area contributed by atoms with Crippen molar-refractivity contribution in [2.75, 3.05) is 0 Å². The molecule has 1 rings (SSSR count). The SMILES string of the molecule is Brc1cc(I)ncn1. The van der Waals surface area contributed by atoms with Gasteiger partial charge in [-0.3, -0.25) is 0 Å². The summed E-state index contributed by atoms with van der Waals surface area (Å²) in [6.07, 6.45) is 1.52. The van der Waals surface area contributed by atoms with Crippen LogP contribution in [0.5, 0.6) is 0 Å². The molecule has 0 saturated carbocycles. The maximum absolute atomic E-state index is 3.89. The fourth-order valence-corrected chi connectivity index (χ4v) is 1.47. The molecule has 2 nitrogen and oxygen atoms in total. The van der Waals surface area contributed by atoms with Gasteiger partial charge in [0.05, 0.1) is 0 Å². The molecule has 0 bridgehead atoms. The van der Waals surface area contributed by atoms with Gasteiger partial charge in [0.1, 0.15) is 14.6 Å². The van der Waals surface area contributed by atoms with E-state index < -0.39 is 0 Å². The third-order valence-electron chi connectivity index (χ3n) is 0.600. The van der Waals surface area contributed by atoms with Crippen LogP contribution in [-0.2, 0) is 0 Å². The van der Waals surface area contributed by atoms with E-state index in [1.807, 2.05) is 6.07 Å². The minimum Gasteiger partial charge on any atom is -0.230 e. The molecular weight excluding hydrogens is 283 g/mol. The predicted molar refractivity (Wildman–Crippen MR) is 42.4 cm³/mol. The van der Waals surface area contributed by atoms with Crippen molar-refractivity contribution in [1.82, 2.24) is 9.97 Å². The summed E-state index contributed by atoms with van der Waals surface area (Å²) in [5.74, 6) is 0. The Morgan fingerprint density at radius 1 is 1.50 bits per heavy atom. The Kier molecular flexibility index (Phi) is 2.18. The smallest absolute Gasteiger partial charge is 0.117 e. The van der Waals surface area contributed by atoms with Crippen molar-refractivity contribution in [3.63, 3.8) is 0 Å². The normalized spacial score (nSPS) is 9.25. The highest BCUT2D eigenvalue weighted by Crippen LogP contribution is 2.06. The molecule has 0 aliphatic rings. The molecule has 0 radical (unpaired) electrons. The number of hydrogen-bond acceptors (Lipinski definition) is 2. The van der Waals surface area contributed by atoms with E-state index in [1.54, 1.807) is 0 Å². The first-order valence-corrected chi connectivity index (χ1v) is 3.79. The Balaban J connectivity index is 3.08. The average molecular weight is 285 g/mol. The molecule has 1 aromatic heterocycles. The summed E-state index contributed by atoms with van der Waals surface area (Å²) in [5.41, 5.74) is 0. The molecule has 0 aliphatic carbocycles. The highest BCUT2D eigenvalue weighted by molar-refractivity contribution is 14.1. The molecule has 4 heteroatoms. The Bertz CT molecular complexity index is 174. The summed E-state index contributed by atoms with van der Waals surface area (Å²) >= 11 is 5.33. The minimum absolute atomic E-state index is 0.830. The molecule has 0 aliphatic heterocycles. The van der Waals surface area contributed by atoms with E-state index in [0.29, 0.717) is 0 Å². The van der Waals surface area contributed by atoms with Crippen molar-refractivity contribution in [3.05, 3.63) is 20.7 Å². The summed E-state index contributed by atoms with van der Waals surface area (Å²) in [6, 6.07) is 1.85. The van der Waals surface area contributed by atoms with Crippen LogP contribution in [0.25, 0.3) is 0 Å². The average Bonchev–Trinajstić information content (AvgIpc) is 1.64. The largest absolute Gasteiger partial charge is 0.230 e. The zero-order valence-electron chi connectivity index (χ0n) is 3.81. The Hall–Kier alpha value is 0.290. The molecule has 1 aromatic rings. The topological polar surface area (TPSA) is 25.8 Å². The zero-order valence-corrected chi connectivity index (χ0v) is 7.55. The fraction of sp³-hybridized carbons (Fsp3) is 0. The summed E-state index contributed by atoms with van der Waals surface area (Å²) < 4.78 is 1.78. The van der Waals surface area contributed by atoms with Gasteiger partial charge in [-0.25, -0.2) is 9.97 Å². The van der Waals surface area contributed by atoms with Crippen molar-refractivity contribution >= 4 is 38.5 Å². The first kappa shape index (κ1) is 6.41. The number of rotatable bonds is 0. The molecule has 0 N–H and O–H groups in total. The monoisotopic (exact) mass is 284 g/mol. The molecule has 0 atom stereocenters. The summed E-state index contributed by atoms with van der Waals surface area (Å²) in [6.45, 7) is 0. The van der Waals surface area contributed by atoms with E-state index >= 15 is 0 Å². The maximum atomic E-state index is 3.89. The first-order valence-electron chi connectivity index (χ1n) is 1.92. The zero-order chi connectivity index (χ0) is 5.98. The standard InChI is InChI=1S/C4H2BrIN2/c5-3-1-4(6)8-2-7-3/h1-2H. The minimum atomic E-state index is 0.830. The molecule has 42 valence electrons. The van der Waals surface area contributed by atoms with E-state index in [0.717, 1.165) is 8.30 Å². The third-order valence-corrected chi connectivity index (χ3v) is 1.62. The quantitative estimate of drug-likeness (QED) is 0.537. The van der Waals surface area contributed by atoms with E-state index in [2.05, 4.69) is 48.5 Å². The van der Waals surface area contributed by atoms with Gasteiger partial charge in [0.25, 0.3) is 0 Å². The lowest BCUT2D eigenvalue weighted by Crippen LogP contribution is -1.80. The van der Waals surface area contributed by atoms with Crippen molar-refractivity contribution in [3.8, 4) is 0 Å². The number of nitrogens with zero attached hydrogens (tertiary/aromatic N) is 2. The predicted octanol–water partition coefficient (Wildman–Crippen LogP) is 1.84. The van der Waals surface area contributed by atoms with Gasteiger partial charge in [-0.1, -0.05) is 0 Å². The first-order chi connectivity index (χ1) is 3.79. The van der Waals surface area contributed by atoms with E-state index in [4.69, 9.17) is 0 Å². The van der Waals surface area contributed by atoms with Crippen molar-refractivity contribution in [1.29, 1.82) is 0 Å².